The van der Waals surface area contributed by atoms with Gasteiger partial charge >= 0.3 is 6.03 Å². The molecular weight excluding hydrogens is 330 g/mol. The highest BCUT2D eigenvalue weighted by molar-refractivity contribution is 6.03. The fourth-order valence-electron chi connectivity index (χ4n) is 3.94. The van der Waals surface area contributed by atoms with Crippen molar-refractivity contribution >= 4 is 17.6 Å². The second-order valence-electron chi connectivity index (χ2n) is 7.43. The lowest BCUT2D eigenvalue weighted by Crippen LogP contribution is -2.44. The molecule has 2 N–H and O–H groups in total. The molecule has 0 aromatic heterocycles. The summed E-state index contributed by atoms with van der Waals surface area (Å²) in [6, 6.07) is 7.18. The van der Waals surface area contributed by atoms with Gasteiger partial charge in [-0.1, -0.05) is 31.4 Å². The van der Waals surface area contributed by atoms with Crippen molar-refractivity contribution in [2.45, 2.75) is 57.1 Å². The minimum atomic E-state index is -0.469. The molecule has 6 heteroatoms. The average molecular weight is 359 g/mol. The minimum absolute atomic E-state index is 0.0496. The first-order chi connectivity index (χ1) is 12.6. The van der Waals surface area contributed by atoms with Crippen LogP contribution in [0.15, 0.2) is 24.3 Å². The molecule has 1 heterocycles. The van der Waals surface area contributed by atoms with E-state index in [2.05, 4.69) is 5.32 Å². The van der Waals surface area contributed by atoms with Crippen LogP contribution in [0.4, 0.5) is 10.5 Å². The Bertz CT molecular complexity index is 643. The van der Waals surface area contributed by atoms with Gasteiger partial charge in [-0.2, -0.15) is 0 Å². The maximum absolute atomic E-state index is 13.0. The van der Waals surface area contributed by atoms with Gasteiger partial charge in [-0.15, -0.1) is 0 Å². The number of hydrogen-bond acceptors (Lipinski definition) is 3. The Morgan fingerprint density at radius 1 is 1.12 bits per heavy atom. The third-order valence-corrected chi connectivity index (χ3v) is 5.53. The van der Waals surface area contributed by atoms with Gasteiger partial charge in [-0.3, -0.25) is 4.79 Å². The molecule has 1 aromatic rings. The van der Waals surface area contributed by atoms with Crippen molar-refractivity contribution < 1.29 is 14.7 Å². The number of β-amino-alcohol motifs (C(OH)–C–C–N with tert-alkyl or cyclic N) is 1. The van der Waals surface area contributed by atoms with E-state index in [1.807, 2.05) is 24.1 Å². The third kappa shape index (κ3) is 4.36. The van der Waals surface area contributed by atoms with Gasteiger partial charge in [0.25, 0.3) is 5.91 Å². The van der Waals surface area contributed by atoms with Crippen molar-refractivity contribution in [2.75, 3.05) is 25.5 Å². The molecule has 142 valence electrons. The lowest BCUT2D eigenvalue weighted by atomic mass is 9.94. The molecule has 1 atom stereocenters. The fourth-order valence-corrected chi connectivity index (χ4v) is 3.94. The molecule has 1 saturated heterocycles. The van der Waals surface area contributed by atoms with Crippen LogP contribution in [0.2, 0.25) is 0 Å². The molecule has 1 saturated carbocycles. The number of nitrogens with one attached hydrogen (secondary N) is 1. The Hall–Kier alpha value is -2.08. The number of hydrogen-bond donors (Lipinski definition) is 2. The van der Waals surface area contributed by atoms with Gasteiger partial charge in [0.15, 0.2) is 0 Å². The van der Waals surface area contributed by atoms with Crippen LogP contribution in [0.1, 0.15) is 55.3 Å². The van der Waals surface area contributed by atoms with Crippen LogP contribution in [0.3, 0.4) is 0 Å². The summed E-state index contributed by atoms with van der Waals surface area (Å²) >= 11 is 0. The summed E-state index contributed by atoms with van der Waals surface area (Å²) in [6.07, 6.45) is 6.71. The number of likely N-dealkylation sites (tertiary alicyclic amines) is 1. The number of carbonyl (C=O) groups is 2. The Balaban J connectivity index is 1.71. The molecule has 0 unspecified atom stereocenters. The van der Waals surface area contributed by atoms with Crippen molar-refractivity contribution in [2.24, 2.45) is 0 Å². The highest BCUT2D eigenvalue weighted by Gasteiger charge is 2.26. The maximum Gasteiger partial charge on any atom is 0.321 e. The second-order valence-corrected chi connectivity index (χ2v) is 7.43. The Labute approximate surface area is 155 Å². The number of rotatable bonds is 3. The van der Waals surface area contributed by atoms with Crippen molar-refractivity contribution in [1.29, 1.82) is 0 Å². The number of nitrogens with zero attached hydrogens (tertiary/aromatic N) is 2. The highest BCUT2D eigenvalue weighted by Crippen LogP contribution is 2.25. The molecule has 2 aliphatic rings. The van der Waals surface area contributed by atoms with Crippen LogP contribution in [0.25, 0.3) is 0 Å². The van der Waals surface area contributed by atoms with Gasteiger partial charge < -0.3 is 20.2 Å². The molecule has 1 aliphatic carbocycles. The van der Waals surface area contributed by atoms with Gasteiger partial charge in [0.2, 0.25) is 0 Å². The zero-order valence-electron chi connectivity index (χ0n) is 15.5. The van der Waals surface area contributed by atoms with E-state index in [1.54, 1.807) is 17.0 Å². The number of para-hydroxylation sites is 1. The molecule has 1 aliphatic heterocycles. The lowest BCUT2D eigenvalue weighted by molar-refractivity contribution is 0.0697. The molecular formula is C20H29N3O3. The lowest BCUT2D eigenvalue weighted by Gasteiger charge is -2.32. The number of urea groups is 1. The number of amides is 3. The number of benzene rings is 1. The number of aliphatic hydroxyl groups is 1. The van der Waals surface area contributed by atoms with Gasteiger partial charge in [0, 0.05) is 26.2 Å². The number of anilines is 1. The summed E-state index contributed by atoms with van der Waals surface area (Å²) in [5, 5.41) is 12.6. The number of carbonyl (C=O) groups excluding carboxylic acids is 2. The third-order valence-electron chi connectivity index (χ3n) is 5.53. The predicted molar refractivity (Wildman–Crippen MR) is 101 cm³/mol. The van der Waals surface area contributed by atoms with E-state index in [9.17, 15) is 14.7 Å². The number of piperidine rings is 1. The smallest absolute Gasteiger partial charge is 0.321 e. The molecule has 0 spiro atoms. The molecule has 6 nitrogen and oxygen atoms in total. The van der Waals surface area contributed by atoms with E-state index in [1.165, 1.54) is 6.42 Å². The Kier molecular flexibility index (Phi) is 6.14. The molecule has 26 heavy (non-hydrogen) atoms. The quantitative estimate of drug-likeness (QED) is 0.871. The summed E-state index contributed by atoms with van der Waals surface area (Å²) in [5.41, 5.74) is 1.05. The second kappa shape index (κ2) is 8.54. The van der Waals surface area contributed by atoms with Crippen molar-refractivity contribution in [3.8, 4) is 0 Å². The van der Waals surface area contributed by atoms with Crippen LogP contribution >= 0.6 is 0 Å². The van der Waals surface area contributed by atoms with Crippen LogP contribution < -0.4 is 5.32 Å². The molecule has 2 fully saturated rings. The summed E-state index contributed by atoms with van der Waals surface area (Å²) in [6.45, 7) is 0.963. The Morgan fingerprint density at radius 2 is 1.85 bits per heavy atom. The topological polar surface area (TPSA) is 72.9 Å². The van der Waals surface area contributed by atoms with Gasteiger partial charge in [0.05, 0.1) is 17.4 Å². The first kappa shape index (κ1) is 18.7. The first-order valence-corrected chi connectivity index (χ1v) is 9.66. The zero-order chi connectivity index (χ0) is 18.5. The SMILES string of the molecule is CN(C(=O)c1ccccc1NC(=O)N1CCC[C@@H](O)C1)C1CCCCC1. The van der Waals surface area contributed by atoms with Crippen LogP contribution in [-0.2, 0) is 0 Å². The van der Waals surface area contributed by atoms with E-state index in [-0.39, 0.29) is 18.0 Å². The maximum atomic E-state index is 13.0. The average Bonchev–Trinajstić information content (AvgIpc) is 2.68. The van der Waals surface area contributed by atoms with Gasteiger partial charge in [-0.05, 0) is 37.8 Å². The molecule has 3 amide bonds. The molecule has 0 bridgehead atoms. The normalized spacial score (nSPS) is 21.3. The Morgan fingerprint density at radius 3 is 2.58 bits per heavy atom. The highest BCUT2D eigenvalue weighted by atomic mass is 16.3. The summed E-state index contributed by atoms with van der Waals surface area (Å²) in [4.78, 5) is 29.0. The number of aliphatic hydroxyl groups excluding tert-OH is 1. The van der Waals surface area contributed by atoms with Crippen LogP contribution in [-0.4, -0.2) is 59.1 Å². The fraction of sp³-hybridized carbons (Fsp3) is 0.600. The predicted octanol–water partition coefficient (Wildman–Crippen LogP) is 3.08. The van der Waals surface area contributed by atoms with E-state index in [0.717, 1.165) is 38.5 Å². The monoisotopic (exact) mass is 359 g/mol. The standard InChI is InChI=1S/C20H29N3O3/c1-22(15-8-3-2-4-9-15)19(25)17-11-5-6-12-18(17)21-20(26)23-13-7-10-16(24)14-23/h5-6,11-12,15-16,24H,2-4,7-10,13-14H2,1H3,(H,21,26)/t16-/m1/s1. The zero-order valence-corrected chi connectivity index (χ0v) is 15.5. The molecule has 3 rings (SSSR count). The van der Waals surface area contributed by atoms with Crippen molar-refractivity contribution in [1.82, 2.24) is 9.80 Å². The van der Waals surface area contributed by atoms with E-state index >= 15 is 0 Å². The van der Waals surface area contributed by atoms with Crippen molar-refractivity contribution in [3.05, 3.63) is 29.8 Å². The minimum Gasteiger partial charge on any atom is -0.391 e. The molecule has 1 aromatic carbocycles. The van der Waals surface area contributed by atoms with Crippen LogP contribution in [0, 0.1) is 0 Å². The van der Waals surface area contributed by atoms with Gasteiger partial charge in [0.1, 0.15) is 0 Å². The summed E-state index contributed by atoms with van der Waals surface area (Å²) < 4.78 is 0. The largest absolute Gasteiger partial charge is 0.391 e. The summed E-state index contributed by atoms with van der Waals surface area (Å²) in [5.74, 6) is -0.0496. The van der Waals surface area contributed by atoms with Gasteiger partial charge in [-0.25, -0.2) is 4.79 Å². The van der Waals surface area contributed by atoms with Crippen LogP contribution in [0.5, 0.6) is 0 Å². The molecule has 0 radical (unpaired) electrons. The first-order valence-electron chi connectivity index (χ1n) is 9.66. The van der Waals surface area contributed by atoms with Crippen molar-refractivity contribution in [3.63, 3.8) is 0 Å². The van der Waals surface area contributed by atoms with E-state index in [0.29, 0.717) is 24.3 Å². The van der Waals surface area contributed by atoms with E-state index < -0.39 is 6.10 Å². The summed E-state index contributed by atoms with van der Waals surface area (Å²) in [7, 11) is 1.86. The van der Waals surface area contributed by atoms with E-state index in [4.69, 9.17) is 0 Å².